The van der Waals surface area contributed by atoms with Crippen LogP contribution < -0.4 is 17.0 Å². The van der Waals surface area contributed by atoms with Crippen LogP contribution in [0.4, 0.5) is 0 Å². The smallest absolute Gasteiger partial charge is 0.362 e. The van der Waals surface area contributed by atoms with Crippen LogP contribution >= 0.6 is 0 Å². The highest BCUT2D eigenvalue weighted by Gasteiger charge is 2.71. The first-order valence-corrected chi connectivity index (χ1v) is 13.6. The summed E-state index contributed by atoms with van der Waals surface area (Å²) >= 11 is 0. The monoisotopic (exact) mass is 583 g/mol. The van der Waals surface area contributed by atoms with Gasteiger partial charge < -0.3 is 45.9 Å². The lowest BCUT2D eigenvalue weighted by Gasteiger charge is -2.65. The number of carbonyl (C=O) groups excluding carboxylic acids is 3. The van der Waals surface area contributed by atoms with Crippen molar-refractivity contribution in [2.24, 2.45) is 28.6 Å². The molecule has 0 saturated heterocycles. The van der Waals surface area contributed by atoms with Gasteiger partial charge in [0.1, 0.15) is 19.0 Å². The zero-order chi connectivity index (χ0) is 26.1. The lowest BCUT2D eigenvalue weighted by molar-refractivity contribution is -0.862. The predicted octanol–water partition coefficient (Wildman–Crippen LogP) is -0.841. The molecule has 5 rings (SSSR count). The van der Waals surface area contributed by atoms with Crippen molar-refractivity contribution in [3.05, 3.63) is 11.6 Å². The molecule has 0 aromatic carbocycles. The van der Waals surface area contributed by atoms with E-state index in [1.165, 1.54) is 0 Å². The second-order valence-corrected chi connectivity index (χ2v) is 13.5. The van der Waals surface area contributed by atoms with Crippen LogP contribution in [-0.2, 0) is 23.9 Å². The van der Waals surface area contributed by atoms with Gasteiger partial charge in [-0.15, -0.1) is 0 Å². The molecule has 37 heavy (non-hydrogen) atoms. The molecule has 0 radical (unpaired) electrons. The summed E-state index contributed by atoms with van der Waals surface area (Å²) in [4.78, 5) is 37.1. The number of carbonyl (C=O) groups is 3. The van der Waals surface area contributed by atoms with Crippen LogP contribution in [0.25, 0.3) is 0 Å². The number of halogens is 1. The molecule has 9 heteroatoms. The van der Waals surface area contributed by atoms with Crippen molar-refractivity contribution in [3.63, 3.8) is 0 Å². The van der Waals surface area contributed by atoms with Gasteiger partial charge in [-0.2, -0.15) is 0 Å². The van der Waals surface area contributed by atoms with Crippen LogP contribution in [0.5, 0.6) is 0 Å². The molecule has 0 amide bonds. The van der Waals surface area contributed by atoms with E-state index >= 15 is 0 Å². The van der Waals surface area contributed by atoms with E-state index in [2.05, 4.69) is 6.92 Å². The van der Waals surface area contributed by atoms with Gasteiger partial charge in [-0.1, -0.05) is 6.92 Å². The number of rotatable bonds is 5. The van der Waals surface area contributed by atoms with Gasteiger partial charge in [-0.3, -0.25) is 0 Å². The van der Waals surface area contributed by atoms with Crippen molar-refractivity contribution >= 4 is 18.2 Å². The summed E-state index contributed by atoms with van der Waals surface area (Å²) in [5.74, 6) is -0.725. The second kappa shape index (κ2) is 9.42. The van der Waals surface area contributed by atoms with Crippen molar-refractivity contribution in [2.75, 3.05) is 34.3 Å². The number of ether oxygens (including phenoxy) is 2. The standard InChI is InChI=1S/C28H42NO7.BrH/c1-25-9-6-21-22(28(25,34)12-8-20(25)18-13-23(31)35-16-18)7-11-27(33)14-19(5-10-26(21,27)17-30)36-24(32)15-29(2,3)4;/h13,17,19-22,33-34H,5-12,14-16H2,1-4H3;1H/q+1;/p-1/t19-,20+,21?,22?,25?,26?,27-,28-;/m0./s1. The fourth-order valence-corrected chi connectivity index (χ4v) is 9.03. The fraction of sp³-hybridized carbons (Fsp3) is 0.821. The molecule has 8 atom stereocenters. The number of esters is 2. The van der Waals surface area contributed by atoms with Crippen LogP contribution in [0.1, 0.15) is 64.7 Å². The highest BCUT2D eigenvalue weighted by atomic mass is 79.9. The third-order valence-corrected chi connectivity index (χ3v) is 10.7. The van der Waals surface area contributed by atoms with Crippen molar-refractivity contribution in [1.29, 1.82) is 0 Å². The zero-order valence-corrected chi connectivity index (χ0v) is 24.1. The third-order valence-electron chi connectivity index (χ3n) is 10.7. The van der Waals surface area contributed by atoms with Crippen LogP contribution in [0.2, 0.25) is 0 Å². The number of likely N-dealkylation sites (N-methyl/N-ethyl adjacent to an activating group) is 1. The first kappa shape index (κ1) is 28.7. The quantitative estimate of drug-likeness (QED) is 0.247. The number of nitrogens with zero attached hydrogens (tertiary/aromatic N) is 1. The minimum atomic E-state index is -1.24. The number of aliphatic hydroxyl groups is 2. The van der Waals surface area contributed by atoms with E-state index in [1.54, 1.807) is 6.08 Å². The van der Waals surface area contributed by atoms with E-state index in [0.29, 0.717) is 43.2 Å². The number of quaternary nitrogens is 1. The Morgan fingerprint density at radius 2 is 1.81 bits per heavy atom. The maximum Gasteiger partial charge on any atom is 0.362 e. The molecular formula is C28H42BrNO7. The molecule has 8 nitrogen and oxygen atoms in total. The molecule has 4 fully saturated rings. The molecule has 208 valence electrons. The van der Waals surface area contributed by atoms with Crippen molar-refractivity contribution in [1.82, 2.24) is 0 Å². The number of hydrogen-bond donors (Lipinski definition) is 2. The van der Waals surface area contributed by atoms with Gasteiger partial charge in [-0.05, 0) is 74.7 Å². The van der Waals surface area contributed by atoms with Crippen molar-refractivity contribution in [3.8, 4) is 0 Å². The van der Waals surface area contributed by atoms with E-state index in [9.17, 15) is 24.6 Å². The summed E-state index contributed by atoms with van der Waals surface area (Å²) in [5, 5.41) is 24.3. The first-order valence-electron chi connectivity index (χ1n) is 13.6. The summed E-state index contributed by atoms with van der Waals surface area (Å²) in [6.07, 6.45) is 7.36. The van der Waals surface area contributed by atoms with Gasteiger partial charge >= 0.3 is 11.9 Å². The average molecular weight is 585 g/mol. The molecule has 4 aliphatic carbocycles. The Bertz CT molecular complexity index is 994. The van der Waals surface area contributed by atoms with E-state index in [1.807, 2.05) is 21.1 Å². The van der Waals surface area contributed by atoms with Gasteiger partial charge in [-0.25, -0.2) is 9.59 Å². The van der Waals surface area contributed by atoms with Crippen LogP contribution in [-0.4, -0.2) is 84.5 Å². The fourth-order valence-electron chi connectivity index (χ4n) is 9.03. The van der Waals surface area contributed by atoms with Crippen LogP contribution in [0.15, 0.2) is 11.6 Å². The molecule has 1 heterocycles. The number of aldehydes is 1. The summed E-state index contributed by atoms with van der Waals surface area (Å²) in [6, 6.07) is 0. The predicted molar refractivity (Wildman–Crippen MR) is 130 cm³/mol. The Balaban J connectivity index is 0.00000320. The number of fused-ring (bicyclic) bond motifs is 5. The van der Waals surface area contributed by atoms with Gasteiger partial charge in [0.25, 0.3) is 0 Å². The van der Waals surface area contributed by atoms with E-state index < -0.39 is 28.1 Å². The molecule has 0 aromatic rings. The van der Waals surface area contributed by atoms with Crippen molar-refractivity contribution in [2.45, 2.75) is 82.0 Å². The Hall–Kier alpha value is -1.29. The third kappa shape index (κ3) is 4.32. The Morgan fingerprint density at radius 3 is 2.43 bits per heavy atom. The van der Waals surface area contributed by atoms with Crippen LogP contribution in [0.3, 0.4) is 0 Å². The summed E-state index contributed by atoms with van der Waals surface area (Å²) in [6.45, 7) is 2.69. The van der Waals surface area contributed by atoms with E-state index in [4.69, 9.17) is 9.47 Å². The van der Waals surface area contributed by atoms with E-state index in [-0.39, 0.29) is 59.6 Å². The van der Waals surface area contributed by atoms with Crippen LogP contribution in [0, 0.1) is 28.6 Å². The van der Waals surface area contributed by atoms with Gasteiger partial charge in [0.15, 0.2) is 6.54 Å². The Labute approximate surface area is 230 Å². The number of cyclic esters (lactones) is 1. The molecule has 2 N–H and O–H groups in total. The molecule has 0 spiro atoms. The highest BCUT2D eigenvalue weighted by molar-refractivity contribution is 5.85. The molecule has 0 aromatic heterocycles. The largest absolute Gasteiger partial charge is 1.00 e. The highest BCUT2D eigenvalue weighted by Crippen LogP contribution is 2.70. The second-order valence-electron chi connectivity index (χ2n) is 13.5. The molecule has 4 unspecified atom stereocenters. The van der Waals surface area contributed by atoms with Crippen molar-refractivity contribution < 1.29 is 55.5 Å². The molecule has 5 aliphatic rings. The SMILES string of the molecule is CC12CCC3C(CC[C@]4(O)C[C@@H](OC(=O)C[N+](C)(C)C)CCC34C=O)[C@@]1(O)CC[C@@H]2C1=CC(=O)OC1.[Br-]. The Kier molecular flexibility index (Phi) is 7.31. The maximum absolute atomic E-state index is 12.9. The number of hydrogen-bond acceptors (Lipinski definition) is 7. The summed E-state index contributed by atoms with van der Waals surface area (Å²) in [7, 11) is 5.78. The minimum absolute atomic E-state index is 0. The first-order chi connectivity index (χ1) is 16.8. The Morgan fingerprint density at radius 1 is 1.11 bits per heavy atom. The molecular weight excluding hydrogens is 542 g/mol. The topological polar surface area (TPSA) is 110 Å². The zero-order valence-electron chi connectivity index (χ0n) is 22.5. The molecule has 4 saturated carbocycles. The lowest BCUT2D eigenvalue weighted by Crippen LogP contribution is -3.00. The van der Waals surface area contributed by atoms with Gasteiger partial charge in [0.2, 0.25) is 0 Å². The summed E-state index contributed by atoms with van der Waals surface area (Å²) in [5.41, 5.74) is -2.57. The molecule has 1 aliphatic heterocycles. The minimum Gasteiger partial charge on any atom is -1.00 e. The van der Waals surface area contributed by atoms with E-state index in [0.717, 1.165) is 31.1 Å². The average Bonchev–Trinajstić information content (AvgIpc) is 3.31. The molecule has 0 bridgehead atoms. The van der Waals surface area contributed by atoms with Gasteiger partial charge in [0, 0.05) is 17.9 Å². The lowest BCUT2D eigenvalue weighted by atomic mass is 9.41. The summed E-state index contributed by atoms with van der Waals surface area (Å²) < 4.78 is 11.4. The maximum atomic E-state index is 12.9. The normalized spacial score (nSPS) is 44.9. The van der Waals surface area contributed by atoms with Gasteiger partial charge in [0.05, 0.1) is 37.8 Å².